The molecule has 0 aliphatic carbocycles. The van der Waals surface area contributed by atoms with E-state index < -0.39 is 5.54 Å². The summed E-state index contributed by atoms with van der Waals surface area (Å²) in [7, 11) is 1.65. The molecule has 0 radical (unpaired) electrons. The van der Waals surface area contributed by atoms with Crippen molar-refractivity contribution >= 4 is 11.9 Å². The highest BCUT2D eigenvalue weighted by atomic mass is 16.5. The summed E-state index contributed by atoms with van der Waals surface area (Å²) in [4.78, 5) is 33.0. The van der Waals surface area contributed by atoms with Gasteiger partial charge in [0.15, 0.2) is 0 Å². The summed E-state index contributed by atoms with van der Waals surface area (Å²) in [5.41, 5.74) is 1.59. The standard InChI is InChI=1S/C27H35N3O3/c1-21(2)18-29-25(31)27(15-7-16-28(20-27)19-23-8-5-4-6-9-23)30(26(29)32)17-14-22-10-12-24(33-3)13-11-22/h4-6,8-13,21H,7,14-20H2,1-3H3. The van der Waals surface area contributed by atoms with E-state index in [1.165, 1.54) is 10.5 Å². The summed E-state index contributed by atoms with van der Waals surface area (Å²) in [5.74, 6) is 1.03. The van der Waals surface area contributed by atoms with Crippen LogP contribution in [0.3, 0.4) is 0 Å². The third-order valence-electron chi connectivity index (χ3n) is 6.75. The van der Waals surface area contributed by atoms with E-state index in [1.54, 1.807) is 7.11 Å². The van der Waals surface area contributed by atoms with E-state index in [-0.39, 0.29) is 17.9 Å². The normalized spacial score (nSPS) is 21.5. The number of hydrogen-bond donors (Lipinski definition) is 0. The van der Waals surface area contributed by atoms with E-state index >= 15 is 0 Å². The summed E-state index contributed by atoms with van der Waals surface area (Å²) < 4.78 is 5.26. The number of urea groups is 1. The second kappa shape index (κ2) is 9.96. The topological polar surface area (TPSA) is 53.1 Å². The average Bonchev–Trinajstić information content (AvgIpc) is 2.99. The van der Waals surface area contributed by atoms with Crippen molar-refractivity contribution in [2.45, 2.75) is 45.2 Å². The molecule has 2 saturated heterocycles. The highest BCUT2D eigenvalue weighted by Crippen LogP contribution is 2.37. The number of rotatable bonds is 8. The Morgan fingerprint density at radius 3 is 2.39 bits per heavy atom. The van der Waals surface area contributed by atoms with Crippen LogP contribution >= 0.6 is 0 Å². The minimum absolute atomic E-state index is 0.0197. The maximum absolute atomic E-state index is 13.8. The number of carbonyl (C=O) groups is 2. The van der Waals surface area contributed by atoms with Gasteiger partial charge in [0.2, 0.25) is 0 Å². The molecule has 1 unspecified atom stereocenters. The molecule has 1 atom stereocenters. The van der Waals surface area contributed by atoms with Gasteiger partial charge in [-0.2, -0.15) is 0 Å². The van der Waals surface area contributed by atoms with Gasteiger partial charge in [-0.05, 0) is 55.0 Å². The molecule has 0 bridgehead atoms. The number of methoxy groups -OCH3 is 1. The molecule has 6 nitrogen and oxygen atoms in total. The first kappa shape index (κ1) is 23.3. The van der Waals surface area contributed by atoms with E-state index in [0.29, 0.717) is 26.1 Å². The Bertz CT molecular complexity index is 960. The fraction of sp³-hybridized carbons (Fsp3) is 0.481. The van der Waals surface area contributed by atoms with Gasteiger partial charge >= 0.3 is 6.03 Å². The van der Waals surface area contributed by atoms with Crippen molar-refractivity contribution in [2.75, 3.05) is 33.3 Å². The van der Waals surface area contributed by atoms with E-state index in [2.05, 4.69) is 30.9 Å². The molecule has 1 spiro atoms. The first-order valence-corrected chi connectivity index (χ1v) is 12.0. The number of benzene rings is 2. The highest BCUT2D eigenvalue weighted by molar-refractivity contribution is 6.07. The predicted octanol–water partition coefficient (Wildman–Crippen LogP) is 4.19. The maximum atomic E-state index is 13.8. The first-order chi connectivity index (χ1) is 15.9. The Morgan fingerprint density at radius 1 is 1.00 bits per heavy atom. The van der Waals surface area contributed by atoms with Gasteiger partial charge in [-0.3, -0.25) is 14.6 Å². The smallest absolute Gasteiger partial charge is 0.327 e. The van der Waals surface area contributed by atoms with Crippen molar-refractivity contribution in [1.29, 1.82) is 0 Å². The minimum atomic E-state index is -0.772. The van der Waals surface area contributed by atoms with E-state index in [4.69, 9.17) is 4.74 Å². The number of carbonyl (C=O) groups excluding carboxylic acids is 2. The lowest BCUT2D eigenvalue weighted by Crippen LogP contribution is -2.60. The Balaban J connectivity index is 1.56. The summed E-state index contributed by atoms with van der Waals surface area (Å²) in [6.07, 6.45) is 2.33. The number of piperidine rings is 1. The third-order valence-corrected chi connectivity index (χ3v) is 6.75. The van der Waals surface area contributed by atoms with Gasteiger partial charge in [-0.1, -0.05) is 56.3 Å². The number of hydrogen-bond acceptors (Lipinski definition) is 4. The lowest BCUT2D eigenvalue weighted by molar-refractivity contribution is -0.136. The molecule has 2 heterocycles. The molecule has 0 aromatic heterocycles. The lowest BCUT2D eigenvalue weighted by Gasteiger charge is -2.43. The lowest BCUT2D eigenvalue weighted by atomic mass is 9.86. The first-order valence-electron chi connectivity index (χ1n) is 12.0. The Labute approximate surface area is 197 Å². The molecular weight excluding hydrogens is 414 g/mol. The average molecular weight is 450 g/mol. The summed E-state index contributed by atoms with van der Waals surface area (Å²) >= 11 is 0. The zero-order valence-electron chi connectivity index (χ0n) is 20.0. The molecule has 2 aromatic carbocycles. The number of imide groups is 1. The highest BCUT2D eigenvalue weighted by Gasteiger charge is 2.58. The summed E-state index contributed by atoms with van der Waals surface area (Å²) in [6.45, 7) is 7.42. The minimum Gasteiger partial charge on any atom is -0.497 e. The van der Waals surface area contributed by atoms with Crippen LogP contribution in [0.4, 0.5) is 4.79 Å². The fourth-order valence-electron chi connectivity index (χ4n) is 5.15. The number of nitrogens with zero attached hydrogens (tertiary/aromatic N) is 3. The summed E-state index contributed by atoms with van der Waals surface area (Å²) in [5, 5.41) is 0. The molecule has 33 heavy (non-hydrogen) atoms. The number of likely N-dealkylation sites (tertiary alicyclic amines) is 1. The fourth-order valence-corrected chi connectivity index (χ4v) is 5.15. The van der Waals surface area contributed by atoms with Gasteiger partial charge in [0.05, 0.1) is 7.11 Å². The van der Waals surface area contributed by atoms with Gasteiger partial charge in [0.1, 0.15) is 11.3 Å². The van der Waals surface area contributed by atoms with Crippen LogP contribution in [0.1, 0.15) is 37.8 Å². The van der Waals surface area contributed by atoms with Crippen LogP contribution in [0.15, 0.2) is 54.6 Å². The number of amides is 3. The molecule has 2 fully saturated rings. The predicted molar refractivity (Wildman–Crippen MR) is 129 cm³/mol. The molecule has 176 valence electrons. The third kappa shape index (κ3) is 4.91. The van der Waals surface area contributed by atoms with Gasteiger partial charge in [-0.15, -0.1) is 0 Å². The van der Waals surface area contributed by atoms with Crippen molar-refractivity contribution in [3.63, 3.8) is 0 Å². The van der Waals surface area contributed by atoms with Gasteiger partial charge in [0, 0.05) is 26.2 Å². The quantitative estimate of drug-likeness (QED) is 0.567. The second-order valence-corrected chi connectivity index (χ2v) is 9.67. The SMILES string of the molecule is COc1ccc(CCN2C(=O)N(CC(C)C)C(=O)C23CCCN(Cc2ccccc2)C3)cc1. The van der Waals surface area contributed by atoms with Gasteiger partial charge in [0.25, 0.3) is 5.91 Å². The van der Waals surface area contributed by atoms with Crippen molar-refractivity contribution in [1.82, 2.24) is 14.7 Å². The zero-order valence-corrected chi connectivity index (χ0v) is 20.0. The molecular formula is C27H35N3O3. The molecule has 4 rings (SSSR count). The molecule has 2 aliphatic heterocycles. The molecule has 0 saturated carbocycles. The Kier molecular flexibility index (Phi) is 7.03. The van der Waals surface area contributed by atoms with E-state index in [9.17, 15) is 9.59 Å². The molecule has 2 aliphatic rings. The molecule has 0 N–H and O–H groups in total. The summed E-state index contributed by atoms with van der Waals surface area (Å²) in [6, 6.07) is 18.2. The Morgan fingerprint density at radius 2 is 1.73 bits per heavy atom. The molecule has 6 heteroatoms. The van der Waals surface area contributed by atoms with Gasteiger partial charge in [-0.25, -0.2) is 4.79 Å². The van der Waals surface area contributed by atoms with Crippen LogP contribution in [0.25, 0.3) is 0 Å². The van der Waals surface area contributed by atoms with Crippen molar-refractivity contribution in [3.05, 3.63) is 65.7 Å². The van der Waals surface area contributed by atoms with Crippen LogP contribution in [0.2, 0.25) is 0 Å². The molecule has 3 amide bonds. The number of ether oxygens (including phenoxy) is 1. The van der Waals surface area contributed by atoms with Crippen molar-refractivity contribution in [2.24, 2.45) is 5.92 Å². The van der Waals surface area contributed by atoms with E-state index in [1.807, 2.05) is 47.4 Å². The van der Waals surface area contributed by atoms with Crippen LogP contribution in [-0.2, 0) is 17.8 Å². The van der Waals surface area contributed by atoms with E-state index in [0.717, 1.165) is 37.2 Å². The molecule has 2 aromatic rings. The Hall–Kier alpha value is -2.86. The monoisotopic (exact) mass is 449 g/mol. The van der Waals surface area contributed by atoms with Crippen LogP contribution in [0, 0.1) is 5.92 Å². The largest absolute Gasteiger partial charge is 0.497 e. The van der Waals surface area contributed by atoms with Crippen LogP contribution in [-0.4, -0.2) is 65.5 Å². The van der Waals surface area contributed by atoms with Crippen LogP contribution < -0.4 is 4.74 Å². The zero-order chi connectivity index (χ0) is 23.4. The van der Waals surface area contributed by atoms with Crippen molar-refractivity contribution in [3.8, 4) is 5.75 Å². The van der Waals surface area contributed by atoms with Gasteiger partial charge < -0.3 is 9.64 Å². The van der Waals surface area contributed by atoms with Crippen molar-refractivity contribution < 1.29 is 14.3 Å². The maximum Gasteiger partial charge on any atom is 0.327 e. The van der Waals surface area contributed by atoms with Crippen LogP contribution in [0.5, 0.6) is 5.75 Å². The second-order valence-electron chi connectivity index (χ2n) is 9.67.